The van der Waals surface area contributed by atoms with Gasteiger partial charge in [-0.25, -0.2) is 33.7 Å². The molecule has 0 amide bonds. The minimum absolute atomic E-state index is 0. The molecular formula is C26H27N5Na4O14S4. The van der Waals surface area contributed by atoms with Gasteiger partial charge in [0.25, 0.3) is 0 Å². The van der Waals surface area contributed by atoms with Gasteiger partial charge in [0.1, 0.15) is 43.1 Å². The van der Waals surface area contributed by atoms with E-state index in [1.165, 1.54) is 31.2 Å². The van der Waals surface area contributed by atoms with Crippen molar-refractivity contribution < 1.29 is 180 Å². The Balaban J connectivity index is 0. The number of benzene rings is 3. The molecule has 0 spiro atoms. The van der Waals surface area contributed by atoms with E-state index < -0.39 is 67.5 Å². The average Bonchev–Trinajstić information content (AvgIpc) is 2.95. The van der Waals surface area contributed by atoms with Crippen LogP contribution in [0.15, 0.2) is 72.7 Å². The molecule has 0 bridgehead atoms. The standard InChI is InChI=1S/C26H31N5O14S4.4Na/c1-16-11-19(27)24(44-7-3-9-46(32,33)34)14-21(16)30-31-23-12-17(2)22(15-25(23)45-8-4-10-47(35,36)37)29-28-20-6-5-18(48(38,39)40)13-26(20)49(41,42)43;;;;/h5-6,11-15H,3-4,7-10,27H2,1-2H3,(H,32,33,34)(H,35,36,37)(H,38,39,40)(H,41,42,43);;;;/q;4*+1/p-4. The quantitative estimate of drug-likeness (QED) is 0.0460. The number of rotatable bonds is 16. The predicted molar refractivity (Wildman–Crippen MR) is 167 cm³/mol. The van der Waals surface area contributed by atoms with Crippen LogP contribution in [0.3, 0.4) is 0 Å². The fraction of sp³-hybridized carbons (Fsp3) is 0.308. The van der Waals surface area contributed by atoms with Crippen LogP contribution >= 0.6 is 0 Å². The molecule has 0 heterocycles. The van der Waals surface area contributed by atoms with Crippen molar-refractivity contribution in [2.24, 2.45) is 20.5 Å². The van der Waals surface area contributed by atoms with Gasteiger partial charge in [-0.05, 0) is 68.1 Å². The summed E-state index contributed by atoms with van der Waals surface area (Å²) in [6.45, 7) is 2.76. The first-order valence-corrected chi connectivity index (χ1v) is 19.6. The molecule has 2 N–H and O–H groups in total. The van der Waals surface area contributed by atoms with E-state index in [0.717, 1.165) is 12.1 Å². The number of anilines is 1. The van der Waals surface area contributed by atoms with Crippen LogP contribution in [0.5, 0.6) is 11.5 Å². The molecule has 0 saturated carbocycles. The topological polar surface area (TPSA) is 323 Å². The Bertz CT molecular complexity index is 2240. The molecule has 3 aromatic carbocycles. The monoisotopic (exact) mass is 853 g/mol. The Labute approximate surface area is 395 Å². The van der Waals surface area contributed by atoms with Gasteiger partial charge >= 0.3 is 118 Å². The summed E-state index contributed by atoms with van der Waals surface area (Å²) in [5.74, 6) is -1.30. The van der Waals surface area contributed by atoms with Gasteiger partial charge in [-0.3, -0.25) is 0 Å². The molecule has 0 aliphatic carbocycles. The molecule has 268 valence electrons. The first kappa shape index (κ1) is 55.0. The molecule has 0 atom stereocenters. The van der Waals surface area contributed by atoms with E-state index in [1.54, 1.807) is 6.92 Å². The van der Waals surface area contributed by atoms with Crippen LogP contribution in [0.1, 0.15) is 24.0 Å². The van der Waals surface area contributed by atoms with E-state index in [4.69, 9.17) is 15.2 Å². The molecular weight excluding hydrogens is 827 g/mol. The maximum atomic E-state index is 11.8. The van der Waals surface area contributed by atoms with Crippen molar-refractivity contribution in [3.8, 4) is 11.5 Å². The number of hydrogen-bond acceptors (Lipinski definition) is 19. The summed E-state index contributed by atoms with van der Waals surface area (Å²) in [5.41, 5.74) is 6.80. The first-order valence-electron chi connectivity index (χ1n) is 13.6. The molecule has 53 heavy (non-hydrogen) atoms. The van der Waals surface area contributed by atoms with Gasteiger partial charge in [0.15, 0.2) is 0 Å². The third-order valence-corrected chi connectivity index (χ3v) is 9.49. The van der Waals surface area contributed by atoms with Crippen LogP contribution in [-0.4, -0.2) is 76.6 Å². The molecule has 0 radical (unpaired) electrons. The van der Waals surface area contributed by atoms with Crippen LogP contribution < -0.4 is 133 Å². The molecule has 3 aromatic rings. The number of aryl methyl sites for hydroxylation is 2. The van der Waals surface area contributed by atoms with Crippen molar-refractivity contribution in [3.63, 3.8) is 0 Å². The smallest absolute Gasteiger partial charge is 0.748 e. The minimum atomic E-state index is -5.32. The van der Waals surface area contributed by atoms with E-state index in [-0.39, 0.29) is 179 Å². The van der Waals surface area contributed by atoms with Crippen LogP contribution in [0.25, 0.3) is 0 Å². The van der Waals surface area contributed by atoms with Crippen molar-refractivity contribution in [2.75, 3.05) is 30.5 Å². The van der Waals surface area contributed by atoms with E-state index in [1.807, 2.05) is 0 Å². The zero-order valence-corrected chi connectivity index (χ0v) is 40.8. The summed E-state index contributed by atoms with van der Waals surface area (Å²) in [6, 6.07) is 7.50. The number of ether oxygens (including phenoxy) is 2. The normalized spacial score (nSPS) is 12.0. The van der Waals surface area contributed by atoms with Gasteiger partial charge in [-0.2, -0.15) is 10.2 Å². The Morgan fingerprint density at radius 3 is 1.47 bits per heavy atom. The average molecular weight is 854 g/mol. The second kappa shape index (κ2) is 23.3. The van der Waals surface area contributed by atoms with Crippen LogP contribution in [0.2, 0.25) is 0 Å². The Morgan fingerprint density at radius 1 is 0.566 bits per heavy atom. The Hall–Kier alpha value is -0.1000. The summed E-state index contributed by atoms with van der Waals surface area (Å²) < 4.78 is 146. The van der Waals surface area contributed by atoms with Crippen molar-refractivity contribution in [1.82, 2.24) is 0 Å². The van der Waals surface area contributed by atoms with Gasteiger partial charge in [-0.1, -0.05) is 0 Å². The van der Waals surface area contributed by atoms with E-state index in [2.05, 4.69) is 20.5 Å². The number of nitrogens with two attached hydrogens (primary N) is 1. The summed E-state index contributed by atoms with van der Waals surface area (Å²) in [4.78, 5) is -2.10. The summed E-state index contributed by atoms with van der Waals surface area (Å²) in [7, 11) is -19.4. The minimum Gasteiger partial charge on any atom is -0.748 e. The van der Waals surface area contributed by atoms with Crippen LogP contribution in [0, 0.1) is 13.8 Å². The van der Waals surface area contributed by atoms with Gasteiger partial charge in [0, 0.05) is 23.6 Å². The van der Waals surface area contributed by atoms with Gasteiger partial charge in [0.2, 0.25) is 0 Å². The number of nitrogen functional groups attached to an aromatic ring is 1. The fourth-order valence-corrected chi connectivity index (χ4v) is 6.03. The van der Waals surface area contributed by atoms with Gasteiger partial charge < -0.3 is 33.4 Å². The molecule has 0 aliphatic rings. The maximum absolute atomic E-state index is 11.8. The molecule has 0 saturated heterocycles. The number of nitrogens with zero attached hydrogens (tertiary/aromatic N) is 4. The summed E-state index contributed by atoms with van der Waals surface area (Å²) >= 11 is 0. The largest absolute Gasteiger partial charge is 1.00 e. The van der Waals surface area contributed by atoms with E-state index >= 15 is 0 Å². The van der Waals surface area contributed by atoms with Gasteiger partial charge in [0.05, 0.1) is 60.3 Å². The third-order valence-electron chi connectivity index (χ3n) is 6.22. The third kappa shape index (κ3) is 18.8. The Kier molecular flexibility index (Phi) is 24.2. The van der Waals surface area contributed by atoms with Crippen molar-refractivity contribution in [2.45, 2.75) is 36.5 Å². The van der Waals surface area contributed by atoms with Crippen molar-refractivity contribution >= 4 is 68.9 Å². The molecule has 0 aromatic heterocycles. The Morgan fingerprint density at radius 2 is 1.00 bits per heavy atom. The van der Waals surface area contributed by atoms with Crippen molar-refractivity contribution in [1.29, 1.82) is 0 Å². The summed E-state index contributed by atoms with van der Waals surface area (Å²) in [6.07, 6.45) is -0.299. The van der Waals surface area contributed by atoms with E-state index in [0.29, 0.717) is 17.2 Å². The SMILES string of the molecule is Cc1cc(N)c(OCCCS(=O)(=O)[O-])cc1N=Nc1cc(C)c(N=Nc2ccc(S(=O)(=O)[O-])cc2S(=O)(=O)[O-])cc1OCCCS(=O)(=O)[O-].[Na+].[Na+].[Na+].[Na+]. The van der Waals surface area contributed by atoms with Crippen molar-refractivity contribution in [3.05, 3.63) is 53.6 Å². The zero-order chi connectivity index (χ0) is 36.8. The maximum Gasteiger partial charge on any atom is 1.00 e. The van der Waals surface area contributed by atoms with Gasteiger partial charge in [-0.15, -0.1) is 10.2 Å². The second-order valence-corrected chi connectivity index (χ2v) is 15.9. The fourth-order valence-electron chi connectivity index (χ4n) is 3.88. The number of azo groups is 2. The molecule has 19 nitrogen and oxygen atoms in total. The molecule has 3 rings (SSSR count). The van der Waals surface area contributed by atoms with E-state index in [9.17, 15) is 51.9 Å². The molecule has 0 fully saturated rings. The zero-order valence-electron chi connectivity index (χ0n) is 29.5. The van der Waals surface area contributed by atoms with Crippen LogP contribution in [0.4, 0.5) is 28.4 Å². The molecule has 27 heteroatoms. The number of hydrogen-bond donors (Lipinski definition) is 1. The second-order valence-electron chi connectivity index (χ2n) is 10.1. The molecule has 0 aliphatic heterocycles. The first-order chi connectivity index (χ1) is 22.5. The summed E-state index contributed by atoms with van der Waals surface area (Å²) in [5, 5.41) is 16.0. The predicted octanol–water partition coefficient (Wildman–Crippen LogP) is -8.83. The van der Waals surface area contributed by atoms with Crippen LogP contribution in [-0.2, 0) is 40.5 Å². The molecule has 0 unspecified atom stereocenters.